The zero-order valence-corrected chi connectivity index (χ0v) is 15.8. The molecule has 0 radical (unpaired) electrons. The first-order valence-corrected chi connectivity index (χ1v) is 8.89. The predicted octanol–water partition coefficient (Wildman–Crippen LogP) is 4.62. The molecule has 0 aliphatic rings. The third kappa shape index (κ3) is 3.27. The number of hydrogen-bond acceptors (Lipinski definition) is 4. The number of aromatic nitrogens is 2. The highest BCUT2D eigenvalue weighted by Gasteiger charge is 2.12. The first-order valence-electron chi connectivity index (χ1n) is 8.48. The maximum absolute atomic E-state index is 5.62. The Morgan fingerprint density at radius 3 is 2.44 bits per heavy atom. The third-order valence-electron chi connectivity index (χ3n) is 4.48. The first kappa shape index (κ1) is 17.2. The van der Waals surface area contributed by atoms with Gasteiger partial charge in [0, 0.05) is 35.9 Å². The molecule has 4 rings (SSSR count). The maximum atomic E-state index is 5.62. The number of rotatable bonds is 3. The fourth-order valence-corrected chi connectivity index (χ4v) is 3.24. The molecule has 0 saturated carbocycles. The van der Waals surface area contributed by atoms with E-state index in [1.54, 1.807) is 19.5 Å². The molecule has 5 nitrogen and oxygen atoms in total. The molecule has 134 valence electrons. The van der Waals surface area contributed by atoms with Gasteiger partial charge in [0.25, 0.3) is 0 Å². The first-order chi connectivity index (χ1) is 13.2. The monoisotopic (exact) mass is 374 g/mol. The van der Waals surface area contributed by atoms with E-state index in [-0.39, 0.29) is 0 Å². The summed E-state index contributed by atoms with van der Waals surface area (Å²) in [5, 5.41) is 6.01. The van der Waals surface area contributed by atoms with Crippen LogP contribution in [-0.2, 0) is 0 Å². The van der Waals surface area contributed by atoms with E-state index in [0.29, 0.717) is 5.11 Å². The van der Waals surface area contributed by atoms with Crippen molar-refractivity contribution in [3.8, 4) is 5.75 Å². The summed E-state index contributed by atoms with van der Waals surface area (Å²) in [6, 6.07) is 17.7. The van der Waals surface area contributed by atoms with Crippen molar-refractivity contribution >= 4 is 50.5 Å². The van der Waals surface area contributed by atoms with Crippen LogP contribution in [0.15, 0.2) is 67.0 Å². The molecule has 0 bridgehead atoms. The zero-order chi connectivity index (χ0) is 18.8. The molecule has 1 N–H and O–H groups in total. The number of fused-ring (bicyclic) bond motifs is 3. The molecular formula is C21H18N4OS. The highest BCUT2D eigenvalue weighted by molar-refractivity contribution is 7.80. The highest BCUT2D eigenvalue weighted by Crippen LogP contribution is 2.30. The van der Waals surface area contributed by atoms with Gasteiger partial charge in [0.15, 0.2) is 5.11 Å². The van der Waals surface area contributed by atoms with Crippen molar-refractivity contribution in [1.82, 2.24) is 9.97 Å². The van der Waals surface area contributed by atoms with Gasteiger partial charge in [0.05, 0.1) is 23.8 Å². The van der Waals surface area contributed by atoms with Gasteiger partial charge in [-0.1, -0.05) is 12.1 Å². The van der Waals surface area contributed by atoms with Crippen LogP contribution in [0, 0.1) is 0 Å². The number of thiocarbonyl (C=S) groups is 1. The van der Waals surface area contributed by atoms with Crippen molar-refractivity contribution < 1.29 is 4.74 Å². The van der Waals surface area contributed by atoms with E-state index in [2.05, 4.69) is 21.4 Å². The molecule has 27 heavy (non-hydrogen) atoms. The van der Waals surface area contributed by atoms with Crippen LogP contribution in [0.3, 0.4) is 0 Å². The number of hydrogen-bond donors (Lipinski definition) is 1. The van der Waals surface area contributed by atoms with E-state index in [1.807, 2.05) is 60.5 Å². The Labute approximate surface area is 162 Å². The summed E-state index contributed by atoms with van der Waals surface area (Å²) in [6.07, 6.45) is 3.57. The van der Waals surface area contributed by atoms with Crippen LogP contribution in [0.4, 0.5) is 11.4 Å². The van der Waals surface area contributed by atoms with Crippen LogP contribution in [-0.4, -0.2) is 29.2 Å². The summed E-state index contributed by atoms with van der Waals surface area (Å²) >= 11 is 5.62. The molecule has 0 fully saturated rings. The lowest BCUT2D eigenvalue weighted by atomic mass is 10.1. The lowest BCUT2D eigenvalue weighted by Gasteiger charge is -2.22. The van der Waals surface area contributed by atoms with Crippen LogP contribution in [0.2, 0.25) is 0 Å². The summed E-state index contributed by atoms with van der Waals surface area (Å²) in [4.78, 5) is 10.9. The third-order valence-corrected chi connectivity index (χ3v) is 4.85. The minimum atomic E-state index is 0.572. The topological polar surface area (TPSA) is 50.3 Å². The number of anilines is 2. The van der Waals surface area contributed by atoms with Crippen LogP contribution in [0.5, 0.6) is 5.75 Å². The Balaban J connectivity index is 1.70. The number of nitrogens with zero attached hydrogens (tertiary/aromatic N) is 3. The van der Waals surface area contributed by atoms with Crippen molar-refractivity contribution in [3.63, 3.8) is 0 Å². The Morgan fingerprint density at radius 2 is 1.70 bits per heavy atom. The van der Waals surface area contributed by atoms with Gasteiger partial charge in [-0.15, -0.1) is 0 Å². The van der Waals surface area contributed by atoms with E-state index < -0.39 is 0 Å². The van der Waals surface area contributed by atoms with Crippen molar-refractivity contribution in [2.75, 3.05) is 24.4 Å². The maximum Gasteiger partial charge on any atom is 0.177 e. The zero-order valence-electron chi connectivity index (χ0n) is 15.0. The molecule has 0 spiro atoms. The molecule has 2 aromatic carbocycles. The van der Waals surface area contributed by atoms with E-state index in [4.69, 9.17) is 17.0 Å². The molecule has 0 aliphatic carbocycles. The van der Waals surface area contributed by atoms with E-state index >= 15 is 0 Å². The SMILES string of the molecule is COc1ccc(N(C)C(=S)Nc2cc3ncccc3c3cccnc23)cc1. The highest BCUT2D eigenvalue weighted by atomic mass is 32.1. The minimum Gasteiger partial charge on any atom is -0.497 e. The molecule has 0 unspecified atom stereocenters. The molecule has 0 amide bonds. The second-order valence-corrected chi connectivity index (χ2v) is 6.47. The lowest BCUT2D eigenvalue weighted by Crippen LogP contribution is -2.30. The summed E-state index contributed by atoms with van der Waals surface area (Å²) < 4.78 is 5.21. The second-order valence-electron chi connectivity index (χ2n) is 6.08. The van der Waals surface area contributed by atoms with Gasteiger partial charge in [-0.05, 0) is 54.7 Å². The number of benzene rings is 2. The average molecular weight is 374 g/mol. The number of methoxy groups -OCH3 is 1. The predicted molar refractivity (Wildman–Crippen MR) is 115 cm³/mol. The summed E-state index contributed by atoms with van der Waals surface area (Å²) in [5.74, 6) is 0.807. The van der Waals surface area contributed by atoms with E-state index in [9.17, 15) is 0 Å². The number of nitrogens with one attached hydrogen (secondary N) is 1. The van der Waals surface area contributed by atoms with Crippen LogP contribution in [0.25, 0.3) is 21.8 Å². The number of ether oxygens (including phenoxy) is 1. The molecule has 2 heterocycles. The quantitative estimate of drug-likeness (QED) is 0.417. The molecule has 6 heteroatoms. The summed E-state index contributed by atoms with van der Waals surface area (Å²) in [5.41, 5.74) is 3.56. The standard InChI is InChI=1S/C21H18N4OS/c1-25(14-7-9-15(26-2)10-8-14)21(27)24-19-13-18-16(5-3-11-22-18)17-6-4-12-23-20(17)19/h3-13H,1-2H3,(H,24,27). The fraction of sp³-hybridized carbons (Fsp3) is 0.0952. The van der Waals surface area contributed by atoms with Crippen molar-refractivity contribution in [2.45, 2.75) is 0 Å². The Kier molecular flexibility index (Phi) is 4.56. The molecule has 0 aliphatic heterocycles. The lowest BCUT2D eigenvalue weighted by molar-refractivity contribution is 0.415. The van der Waals surface area contributed by atoms with Crippen LogP contribution < -0.4 is 15.0 Å². The molecular weight excluding hydrogens is 356 g/mol. The fourth-order valence-electron chi connectivity index (χ4n) is 3.02. The Morgan fingerprint density at radius 1 is 1.00 bits per heavy atom. The van der Waals surface area contributed by atoms with Crippen molar-refractivity contribution in [1.29, 1.82) is 0 Å². The minimum absolute atomic E-state index is 0.572. The van der Waals surface area contributed by atoms with Gasteiger partial charge in [-0.3, -0.25) is 9.97 Å². The summed E-state index contributed by atoms with van der Waals surface area (Å²) in [6.45, 7) is 0. The van der Waals surface area contributed by atoms with E-state index in [0.717, 1.165) is 38.9 Å². The van der Waals surface area contributed by atoms with Gasteiger partial charge >= 0.3 is 0 Å². The van der Waals surface area contributed by atoms with Gasteiger partial charge in [0.2, 0.25) is 0 Å². The van der Waals surface area contributed by atoms with Gasteiger partial charge in [0.1, 0.15) is 5.75 Å². The van der Waals surface area contributed by atoms with Gasteiger partial charge in [-0.2, -0.15) is 0 Å². The molecule has 0 atom stereocenters. The van der Waals surface area contributed by atoms with Crippen molar-refractivity contribution in [3.05, 3.63) is 67.0 Å². The Hall–Kier alpha value is -3.25. The van der Waals surface area contributed by atoms with E-state index in [1.165, 1.54) is 0 Å². The molecule has 2 aromatic heterocycles. The second kappa shape index (κ2) is 7.17. The van der Waals surface area contributed by atoms with Crippen molar-refractivity contribution in [2.24, 2.45) is 0 Å². The average Bonchev–Trinajstić information content (AvgIpc) is 2.73. The van der Waals surface area contributed by atoms with Crippen LogP contribution in [0.1, 0.15) is 0 Å². The largest absolute Gasteiger partial charge is 0.497 e. The smallest absolute Gasteiger partial charge is 0.177 e. The van der Waals surface area contributed by atoms with Gasteiger partial charge < -0.3 is 15.0 Å². The number of pyridine rings is 2. The summed E-state index contributed by atoms with van der Waals surface area (Å²) in [7, 11) is 3.57. The Bertz CT molecular complexity index is 1130. The normalized spacial score (nSPS) is 10.7. The van der Waals surface area contributed by atoms with Crippen LogP contribution >= 0.6 is 12.2 Å². The molecule has 0 saturated heterocycles. The molecule has 4 aromatic rings. The van der Waals surface area contributed by atoms with Gasteiger partial charge in [-0.25, -0.2) is 0 Å².